The zero-order chi connectivity index (χ0) is 11.4. The van der Waals surface area contributed by atoms with E-state index in [0.717, 1.165) is 15.6 Å². The van der Waals surface area contributed by atoms with Crippen molar-refractivity contribution in [2.75, 3.05) is 6.54 Å². The average molecular weight is 270 g/mol. The standard InChI is InChI=1S/C12H16BrNO/c1-8(2)14-7-12(15)10-5-4-9(3)11(13)6-10/h4-6,8,14H,7H2,1-3H3. The summed E-state index contributed by atoms with van der Waals surface area (Å²) in [6.07, 6.45) is 0. The number of aryl methyl sites for hydroxylation is 1. The average Bonchev–Trinajstić information content (AvgIpc) is 2.18. The maximum Gasteiger partial charge on any atom is 0.176 e. The van der Waals surface area contributed by atoms with Crippen LogP contribution in [0.3, 0.4) is 0 Å². The second-order valence-electron chi connectivity index (χ2n) is 3.92. The minimum absolute atomic E-state index is 0.129. The lowest BCUT2D eigenvalue weighted by Gasteiger charge is -2.07. The number of halogens is 1. The van der Waals surface area contributed by atoms with E-state index in [2.05, 4.69) is 21.2 Å². The van der Waals surface area contributed by atoms with Crippen molar-refractivity contribution in [3.05, 3.63) is 33.8 Å². The molecule has 3 heteroatoms. The fraction of sp³-hybridized carbons (Fsp3) is 0.417. The van der Waals surface area contributed by atoms with Crippen LogP contribution < -0.4 is 5.32 Å². The van der Waals surface area contributed by atoms with E-state index in [4.69, 9.17) is 0 Å². The maximum absolute atomic E-state index is 11.7. The highest BCUT2D eigenvalue weighted by Gasteiger charge is 2.07. The number of ketones is 1. The molecule has 1 rings (SSSR count). The third kappa shape index (κ3) is 3.76. The van der Waals surface area contributed by atoms with E-state index in [9.17, 15) is 4.79 Å². The van der Waals surface area contributed by atoms with Crippen LogP contribution in [0.5, 0.6) is 0 Å². The van der Waals surface area contributed by atoms with Gasteiger partial charge in [0.15, 0.2) is 5.78 Å². The van der Waals surface area contributed by atoms with Gasteiger partial charge in [0.05, 0.1) is 6.54 Å². The molecule has 0 saturated carbocycles. The summed E-state index contributed by atoms with van der Waals surface area (Å²) in [5, 5.41) is 3.11. The Morgan fingerprint density at radius 1 is 1.47 bits per heavy atom. The lowest BCUT2D eigenvalue weighted by atomic mass is 10.1. The zero-order valence-corrected chi connectivity index (χ0v) is 10.9. The van der Waals surface area contributed by atoms with Crippen LogP contribution in [-0.4, -0.2) is 18.4 Å². The van der Waals surface area contributed by atoms with E-state index in [1.54, 1.807) is 0 Å². The van der Waals surface area contributed by atoms with Crippen molar-refractivity contribution in [2.24, 2.45) is 0 Å². The van der Waals surface area contributed by atoms with Crippen LogP contribution >= 0.6 is 15.9 Å². The Balaban J connectivity index is 2.70. The molecule has 2 nitrogen and oxygen atoms in total. The van der Waals surface area contributed by atoms with Gasteiger partial charge in [0.25, 0.3) is 0 Å². The molecule has 0 aromatic heterocycles. The molecule has 0 bridgehead atoms. The Hall–Kier alpha value is -0.670. The predicted octanol–water partition coefficient (Wildman–Crippen LogP) is 2.94. The van der Waals surface area contributed by atoms with E-state index >= 15 is 0 Å². The van der Waals surface area contributed by atoms with Crippen LogP contribution in [0.25, 0.3) is 0 Å². The highest BCUT2D eigenvalue weighted by Crippen LogP contribution is 2.17. The van der Waals surface area contributed by atoms with E-state index < -0.39 is 0 Å². The molecule has 0 heterocycles. The quantitative estimate of drug-likeness (QED) is 0.852. The van der Waals surface area contributed by atoms with Crippen molar-refractivity contribution < 1.29 is 4.79 Å². The lowest BCUT2D eigenvalue weighted by Crippen LogP contribution is -2.29. The third-order valence-electron chi connectivity index (χ3n) is 2.16. The molecule has 1 aromatic carbocycles. The Morgan fingerprint density at radius 2 is 2.13 bits per heavy atom. The van der Waals surface area contributed by atoms with Gasteiger partial charge in [-0.1, -0.05) is 41.9 Å². The van der Waals surface area contributed by atoms with Gasteiger partial charge in [-0.15, -0.1) is 0 Å². The predicted molar refractivity (Wildman–Crippen MR) is 66.3 cm³/mol. The molecule has 1 aromatic rings. The molecule has 0 radical (unpaired) electrons. The van der Waals surface area contributed by atoms with Crippen LogP contribution in [0.15, 0.2) is 22.7 Å². The first-order valence-electron chi connectivity index (χ1n) is 5.03. The molecule has 0 spiro atoms. The van der Waals surface area contributed by atoms with Gasteiger partial charge in [-0.25, -0.2) is 0 Å². The molecule has 0 aliphatic heterocycles. The number of rotatable bonds is 4. The molecule has 0 amide bonds. The summed E-state index contributed by atoms with van der Waals surface area (Å²) in [6.45, 7) is 6.45. The molecule has 0 fully saturated rings. The molecule has 0 unspecified atom stereocenters. The summed E-state index contributed by atoms with van der Waals surface area (Å²) in [5.74, 6) is 0.129. The van der Waals surface area contributed by atoms with E-state index in [-0.39, 0.29) is 5.78 Å². The van der Waals surface area contributed by atoms with Crippen LogP contribution in [0.1, 0.15) is 29.8 Å². The molecule has 0 atom stereocenters. The van der Waals surface area contributed by atoms with Gasteiger partial charge in [0, 0.05) is 16.1 Å². The smallest absolute Gasteiger partial charge is 0.176 e. The fourth-order valence-electron chi connectivity index (χ4n) is 1.17. The summed E-state index contributed by atoms with van der Waals surface area (Å²) in [5.41, 5.74) is 1.89. The minimum atomic E-state index is 0.129. The molecule has 82 valence electrons. The zero-order valence-electron chi connectivity index (χ0n) is 9.30. The highest BCUT2D eigenvalue weighted by molar-refractivity contribution is 9.10. The number of carbonyl (C=O) groups is 1. The molecule has 15 heavy (non-hydrogen) atoms. The van der Waals surface area contributed by atoms with E-state index in [1.807, 2.05) is 39.0 Å². The first-order valence-corrected chi connectivity index (χ1v) is 5.82. The van der Waals surface area contributed by atoms with Crippen molar-refractivity contribution in [3.8, 4) is 0 Å². The summed E-state index contributed by atoms with van der Waals surface area (Å²) in [6, 6.07) is 6.03. The fourth-order valence-corrected chi connectivity index (χ4v) is 1.54. The second-order valence-corrected chi connectivity index (χ2v) is 4.78. The van der Waals surface area contributed by atoms with Crippen molar-refractivity contribution in [1.29, 1.82) is 0 Å². The van der Waals surface area contributed by atoms with Gasteiger partial charge >= 0.3 is 0 Å². The van der Waals surface area contributed by atoms with Gasteiger partial charge < -0.3 is 5.32 Å². The Labute approximate surface area is 99.2 Å². The third-order valence-corrected chi connectivity index (χ3v) is 3.02. The lowest BCUT2D eigenvalue weighted by molar-refractivity contribution is 0.0988. The summed E-state index contributed by atoms with van der Waals surface area (Å²) < 4.78 is 0.984. The van der Waals surface area contributed by atoms with Crippen LogP contribution in [0.2, 0.25) is 0 Å². The highest BCUT2D eigenvalue weighted by atomic mass is 79.9. The monoisotopic (exact) mass is 269 g/mol. The SMILES string of the molecule is Cc1ccc(C(=O)CNC(C)C)cc1Br. The second kappa shape index (κ2) is 5.42. The number of benzene rings is 1. The number of nitrogens with one attached hydrogen (secondary N) is 1. The van der Waals surface area contributed by atoms with Crippen LogP contribution in [0.4, 0.5) is 0 Å². The van der Waals surface area contributed by atoms with Crippen LogP contribution in [-0.2, 0) is 0 Å². The molecular formula is C12H16BrNO. The molecule has 0 aliphatic rings. The van der Waals surface area contributed by atoms with E-state index in [1.165, 1.54) is 0 Å². The van der Waals surface area contributed by atoms with Gasteiger partial charge in [-0.2, -0.15) is 0 Å². The Bertz CT molecular complexity index is 361. The van der Waals surface area contributed by atoms with Crippen molar-refractivity contribution in [3.63, 3.8) is 0 Å². The molecule has 0 aliphatic carbocycles. The Morgan fingerprint density at radius 3 is 2.67 bits per heavy atom. The van der Waals surface area contributed by atoms with E-state index in [0.29, 0.717) is 12.6 Å². The first-order chi connectivity index (χ1) is 7.00. The molecular weight excluding hydrogens is 254 g/mol. The van der Waals surface area contributed by atoms with Crippen molar-refractivity contribution >= 4 is 21.7 Å². The molecule has 0 saturated heterocycles. The van der Waals surface area contributed by atoms with Crippen molar-refractivity contribution in [1.82, 2.24) is 5.32 Å². The summed E-state index contributed by atoms with van der Waals surface area (Å²) in [7, 11) is 0. The minimum Gasteiger partial charge on any atom is -0.307 e. The van der Waals surface area contributed by atoms with Gasteiger partial charge in [-0.3, -0.25) is 4.79 Å². The number of carbonyl (C=O) groups excluding carboxylic acids is 1. The van der Waals surface area contributed by atoms with Gasteiger partial charge in [-0.05, 0) is 18.6 Å². The first kappa shape index (κ1) is 12.4. The van der Waals surface area contributed by atoms with Crippen molar-refractivity contribution in [2.45, 2.75) is 26.8 Å². The number of Topliss-reactive ketones (excluding diaryl/α,β-unsaturated/α-hetero) is 1. The number of hydrogen-bond donors (Lipinski definition) is 1. The van der Waals surface area contributed by atoms with Crippen LogP contribution in [0, 0.1) is 6.92 Å². The normalized spacial score (nSPS) is 10.7. The largest absolute Gasteiger partial charge is 0.307 e. The molecule has 1 N–H and O–H groups in total. The number of hydrogen-bond acceptors (Lipinski definition) is 2. The van der Waals surface area contributed by atoms with Gasteiger partial charge in [0.1, 0.15) is 0 Å². The Kier molecular flexibility index (Phi) is 4.48. The summed E-state index contributed by atoms with van der Waals surface area (Å²) >= 11 is 3.42. The van der Waals surface area contributed by atoms with Gasteiger partial charge in [0.2, 0.25) is 0 Å². The topological polar surface area (TPSA) is 29.1 Å². The maximum atomic E-state index is 11.7. The summed E-state index contributed by atoms with van der Waals surface area (Å²) in [4.78, 5) is 11.7.